The van der Waals surface area contributed by atoms with Gasteiger partial charge in [0.25, 0.3) is 0 Å². The minimum Gasteiger partial charge on any atom is -0.454 e. The van der Waals surface area contributed by atoms with Gasteiger partial charge < -0.3 is 9.30 Å². The molecule has 134 valence electrons. The monoisotopic (exact) mass is 353 g/mol. The van der Waals surface area contributed by atoms with E-state index >= 15 is 0 Å². The second-order valence-electron chi connectivity index (χ2n) is 5.83. The zero-order valence-corrected chi connectivity index (χ0v) is 14.8. The molecule has 0 saturated carbocycles. The summed E-state index contributed by atoms with van der Waals surface area (Å²) in [4.78, 5) is 24.5. The van der Waals surface area contributed by atoms with Crippen molar-refractivity contribution in [3.05, 3.63) is 59.2 Å². The number of benzene rings is 1. The molecule has 8 nitrogen and oxygen atoms in total. The molecule has 3 aromatic rings. The first-order valence-electron chi connectivity index (χ1n) is 8.21. The molecule has 2 heterocycles. The Morgan fingerprint density at radius 1 is 1.15 bits per heavy atom. The lowest BCUT2D eigenvalue weighted by Gasteiger charge is -2.07. The van der Waals surface area contributed by atoms with Gasteiger partial charge in [-0.25, -0.2) is 9.48 Å². The number of aromatic nitrogens is 5. The van der Waals surface area contributed by atoms with Gasteiger partial charge in [-0.1, -0.05) is 0 Å². The van der Waals surface area contributed by atoms with E-state index in [0.29, 0.717) is 11.1 Å². The van der Waals surface area contributed by atoms with Gasteiger partial charge in [-0.3, -0.25) is 4.79 Å². The van der Waals surface area contributed by atoms with Crippen molar-refractivity contribution in [3.8, 4) is 5.69 Å². The highest BCUT2D eigenvalue weighted by Gasteiger charge is 2.17. The second kappa shape index (κ2) is 7.30. The maximum Gasteiger partial charge on any atom is 0.338 e. The smallest absolute Gasteiger partial charge is 0.338 e. The molecule has 0 spiro atoms. The van der Waals surface area contributed by atoms with Crippen LogP contribution in [0.2, 0.25) is 0 Å². The van der Waals surface area contributed by atoms with Crippen LogP contribution in [-0.4, -0.2) is 43.1 Å². The lowest BCUT2D eigenvalue weighted by molar-refractivity contribution is 0.0474. The van der Waals surface area contributed by atoms with Crippen LogP contribution in [0.5, 0.6) is 0 Å². The van der Waals surface area contributed by atoms with Crippen LogP contribution in [0.25, 0.3) is 5.69 Å². The number of hydrogen-bond donors (Lipinski definition) is 0. The molecule has 0 aliphatic carbocycles. The SMILES string of the molecule is CCn1c(C)cc(C(=O)COC(=O)c2ccc(-n3cnnn3)cc2)c1C. The minimum absolute atomic E-state index is 0.212. The fraction of sp³-hybridized carbons (Fsp3) is 0.278. The molecule has 8 heteroatoms. The summed E-state index contributed by atoms with van der Waals surface area (Å²) in [6.07, 6.45) is 1.46. The van der Waals surface area contributed by atoms with Crippen molar-refractivity contribution in [2.75, 3.05) is 6.61 Å². The van der Waals surface area contributed by atoms with E-state index in [1.807, 2.05) is 31.4 Å². The number of ketones is 1. The molecule has 0 aliphatic rings. The van der Waals surface area contributed by atoms with Crippen molar-refractivity contribution in [1.29, 1.82) is 0 Å². The molecule has 1 aromatic carbocycles. The fourth-order valence-corrected chi connectivity index (χ4v) is 2.89. The van der Waals surface area contributed by atoms with Crippen LogP contribution in [0.4, 0.5) is 0 Å². The molecule has 26 heavy (non-hydrogen) atoms. The normalized spacial score (nSPS) is 10.7. The van der Waals surface area contributed by atoms with Gasteiger partial charge in [0.15, 0.2) is 6.61 Å². The zero-order chi connectivity index (χ0) is 18.7. The number of nitrogens with zero attached hydrogens (tertiary/aromatic N) is 5. The summed E-state index contributed by atoms with van der Waals surface area (Å²) in [5.74, 6) is -0.762. The molecule has 0 amide bonds. The molecular formula is C18H19N5O3. The van der Waals surface area contributed by atoms with Crippen molar-refractivity contribution in [2.45, 2.75) is 27.3 Å². The molecule has 0 fully saturated rings. The van der Waals surface area contributed by atoms with E-state index in [0.717, 1.165) is 23.6 Å². The predicted octanol–water partition coefficient (Wildman–Crippen LogP) is 2.14. The summed E-state index contributed by atoms with van der Waals surface area (Å²) in [6.45, 7) is 6.36. The van der Waals surface area contributed by atoms with E-state index in [1.54, 1.807) is 24.3 Å². The molecule has 0 N–H and O–H groups in total. The first-order valence-corrected chi connectivity index (χ1v) is 8.21. The Labute approximate surface area is 150 Å². The summed E-state index contributed by atoms with van der Waals surface area (Å²) >= 11 is 0. The highest BCUT2D eigenvalue weighted by molar-refractivity contribution is 6.00. The lowest BCUT2D eigenvalue weighted by atomic mass is 10.1. The Morgan fingerprint density at radius 3 is 2.46 bits per heavy atom. The van der Waals surface area contributed by atoms with Gasteiger partial charge in [-0.15, -0.1) is 5.10 Å². The highest BCUT2D eigenvalue weighted by Crippen LogP contribution is 2.16. The van der Waals surface area contributed by atoms with Crippen molar-refractivity contribution in [1.82, 2.24) is 24.8 Å². The standard InChI is InChI=1S/C18H19N5O3/c1-4-22-12(2)9-16(13(22)3)17(24)10-26-18(25)14-5-7-15(8-6-14)23-11-19-20-21-23/h5-9,11H,4,10H2,1-3H3. The molecule has 0 bridgehead atoms. The van der Waals surface area contributed by atoms with E-state index in [1.165, 1.54) is 11.0 Å². The summed E-state index contributed by atoms with van der Waals surface area (Å²) < 4.78 is 8.69. The van der Waals surface area contributed by atoms with E-state index in [9.17, 15) is 9.59 Å². The number of carbonyl (C=O) groups excluding carboxylic acids is 2. The van der Waals surface area contributed by atoms with Crippen molar-refractivity contribution in [2.24, 2.45) is 0 Å². The average molecular weight is 353 g/mol. The summed E-state index contributed by atoms with van der Waals surface area (Å²) in [5.41, 5.74) is 3.56. The third kappa shape index (κ3) is 3.39. The van der Waals surface area contributed by atoms with Crippen LogP contribution < -0.4 is 0 Å². The Hall–Kier alpha value is -3.29. The summed E-state index contributed by atoms with van der Waals surface area (Å²) in [7, 11) is 0. The molecule has 0 aliphatic heterocycles. The average Bonchev–Trinajstić information content (AvgIpc) is 3.28. The molecule has 0 saturated heterocycles. The van der Waals surface area contributed by atoms with Crippen LogP contribution in [0.3, 0.4) is 0 Å². The molecule has 0 atom stereocenters. The Morgan fingerprint density at radius 2 is 1.88 bits per heavy atom. The quantitative estimate of drug-likeness (QED) is 0.498. The highest BCUT2D eigenvalue weighted by atomic mass is 16.5. The number of ether oxygens (including phenoxy) is 1. The summed E-state index contributed by atoms with van der Waals surface area (Å²) in [5, 5.41) is 10.9. The molecule has 0 radical (unpaired) electrons. The van der Waals surface area contributed by atoms with Crippen LogP contribution in [0, 0.1) is 13.8 Å². The van der Waals surface area contributed by atoms with E-state index in [2.05, 4.69) is 15.5 Å². The van der Waals surface area contributed by atoms with Gasteiger partial charge in [0.1, 0.15) is 6.33 Å². The van der Waals surface area contributed by atoms with Crippen molar-refractivity contribution in [3.63, 3.8) is 0 Å². The number of esters is 1. The number of carbonyl (C=O) groups is 2. The number of hydrogen-bond acceptors (Lipinski definition) is 6. The van der Waals surface area contributed by atoms with E-state index < -0.39 is 5.97 Å². The maximum absolute atomic E-state index is 12.4. The van der Waals surface area contributed by atoms with Crippen molar-refractivity contribution < 1.29 is 14.3 Å². The minimum atomic E-state index is -0.550. The van der Waals surface area contributed by atoms with Gasteiger partial charge in [-0.2, -0.15) is 0 Å². The molecular weight excluding hydrogens is 334 g/mol. The number of Topliss-reactive ketones (excluding diaryl/α,β-unsaturated/α-hetero) is 1. The number of rotatable bonds is 6. The van der Waals surface area contributed by atoms with Gasteiger partial charge in [0.05, 0.1) is 11.3 Å². The van der Waals surface area contributed by atoms with Gasteiger partial charge >= 0.3 is 5.97 Å². The lowest BCUT2D eigenvalue weighted by Crippen LogP contribution is -2.15. The Balaban J connectivity index is 1.64. The molecule has 3 rings (SSSR count). The zero-order valence-electron chi connectivity index (χ0n) is 14.8. The van der Waals surface area contributed by atoms with Crippen LogP contribution in [-0.2, 0) is 11.3 Å². The fourth-order valence-electron chi connectivity index (χ4n) is 2.89. The first-order chi connectivity index (χ1) is 12.5. The maximum atomic E-state index is 12.4. The third-order valence-corrected chi connectivity index (χ3v) is 4.24. The molecule has 0 unspecified atom stereocenters. The van der Waals surface area contributed by atoms with E-state index in [-0.39, 0.29) is 12.4 Å². The van der Waals surface area contributed by atoms with Crippen LogP contribution in [0.15, 0.2) is 36.7 Å². The number of aryl methyl sites for hydroxylation is 1. The second-order valence-corrected chi connectivity index (χ2v) is 5.83. The molecule has 2 aromatic heterocycles. The predicted molar refractivity (Wildman–Crippen MR) is 93.3 cm³/mol. The third-order valence-electron chi connectivity index (χ3n) is 4.24. The van der Waals surface area contributed by atoms with E-state index in [4.69, 9.17) is 4.74 Å². The Kier molecular flexibility index (Phi) is 4.92. The largest absolute Gasteiger partial charge is 0.454 e. The van der Waals surface area contributed by atoms with Crippen molar-refractivity contribution >= 4 is 11.8 Å². The van der Waals surface area contributed by atoms with Gasteiger partial charge in [0.2, 0.25) is 5.78 Å². The Bertz CT molecular complexity index is 927. The van der Waals surface area contributed by atoms with Gasteiger partial charge in [-0.05, 0) is 61.5 Å². The topological polar surface area (TPSA) is 91.9 Å². The van der Waals surface area contributed by atoms with Gasteiger partial charge in [0, 0.05) is 23.5 Å². The summed E-state index contributed by atoms with van der Waals surface area (Å²) in [6, 6.07) is 8.43. The number of tetrazole rings is 1. The first kappa shape index (κ1) is 17.5. The van der Waals surface area contributed by atoms with Crippen LogP contribution >= 0.6 is 0 Å². The van der Waals surface area contributed by atoms with Crippen LogP contribution in [0.1, 0.15) is 39.0 Å².